The van der Waals surface area contributed by atoms with E-state index in [0.29, 0.717) is 25.3 Å². The number of nitrogens with zero attached hydrogens (tertiary/aromatic N) is 2. The molecule has 3 aliphatic rings. The minimum Gasteiger partial charge on any atom is -0.378 e. The maximum atomic E-state index is 13.1. The lowest BCUT2D eigenvalue weighted by Crippen LogP contribution is -2.39. The summed E-state index contributed by atoms with van der Waals surface area (Å²) in [6.07, 6.45) is 2.44. The van der Waals surface area contributed by atoms with Gasteiger partial charge in [-0.05, 0) is 42.9 Å². The van der Waals surface area contributed by atoms with Crippen LogP contribution >= 0.6 is 0 Å². The van der Waals surface area contributed by atoms with Crippen LogP contribution in [-0.4, -0.2) is 57.4 Å². The second kappa shape index (κ2) is 5.22. The Morgan fingerprint density at radius 3 is 2.38 bits per heavy atom. The SMILES string of the molecule is CN(C)c1ccc(C2(C(=O)N3C[C@@H]4CCS(=O)(=O)[C@@H]4C3)CC2)cc1. The van der Waals surface area contributed by atoms with Crippen molar-refractivity contribution in [3.05, 3.63) is 29.8 Å². The Bertz CT molecular complexity index is 766. The molecule has 1 aromatic rings. The number of likely N-dealkylation sites (tertiary alicyclic amines) is 1. The summed E-state index contributed by atoms with van der Waals surface area (Å²) >= 11 is 0. The lowest BCUT2D eigenvalue weighted by Gasteiger charge is -2.24. The van der Waals surface area contributed by atoms with E-state index in [9.17, 15) is 13.2 Å². The molecule has 1 aromatic carbocycles. The summed E-state index contributed by atoms with van der Waals surface area (Å²) in [4.78, 5) is 17.0. The monoisotopic (exact) mass is 348 g/mol. The molecule has 0 bridgehead atoms. The van der Waals surface area contributed by atoms with Crippen molar-refractivity contribution in [3.8, 4) is 0 Å². The lowest BCUT2D eigenvalue weighted by molar-refractivity contribution is -0.133. The van der Waals surface area contributed by atoms with Gasteiger partial charge in [-0.25, -0.2) is 8.42 Å². The molecule has 5 nitrogen and oxygen atoms in total. The molecule has 0 unspecified atom stereocenters. The number of fused-ring (bicyclic) bond motifs is 1. The minimum absolute atomic E-state index is 0.129. The molecule has 2 atom stereocenters. The first-order valence-electron chi connectivity index (χ1n) is 8.62. The number of amides is 1. The Morgan fingerprint density at radius 1 is 1.17 bits per heavy atom. The molecule has 1 saturated carbocycles. The van der Waals surface area contributed by atoms with E-state index in [0.717, 1.165) is 24.1 Å². The Kier molecular flexibility index (Phi) is 3.46. The molecule has 0 radical (unpaired) electrons. The highest BCUT2D eigenvalue weighted by Gasteiger charge is 2.56. The molecule has 1 amide bonds. The first-order valence-corrected chi connectivity index (χ1v) is 10.3. The van der Waals surface area contributed by atoms with E-state index in [1.807, 2.05) is 48.2 Å². The molecular weight excluding hydrogens is 324 g/mol. The van der Waals surface area contributed by atoms with E-state index < -0.39 is 15.3 Å². The minimum atomic E-state index is -2.99. The molecule has 2 saturated heterocycles. The third-order valence-electron chi connectivity index (χ3n) is 6.00. The van der Waals surface area contributed by atoms with Gasteiger partial charge < -0.3 is 9.80 Å². The van der Waals surface area contributed by atoms with Gasteiger partial charge in [-0.1, -0.05) is 12.1 Å². The smallest absolute Gasteiger partial charge is 0.233 e. The Morgan fingerprint density at radius 2 is 1.83 bits per heavy atom. The van der Waals surface area contributed by atoms with Crippen molar-refractivity contribution in [2.24, 2.45) is 5.92 Å². The normalized spacial score (nSPS) is 29.3. The zero-order valence-corrected chi connectivity index (χ0v) is 15.1. The molecule has 2 heterocycles. The average molecular weight is 348 g/mol. The fraction of sp³-hybridized carbons (Fsp3) is 0.611. The van der Waals surface area contributed by atoms with Crippen molar-refractivity contribution in [3.63, 3.8) is 0 Å². The van der Waals surface area contributed by atoms with Gasteiger partial charge in [0, 0.05) is 32.9 Å². The molecule has 4 rings (SSSR count). The molecule has 0 aromatic heterocycles. The van der Waals surface area contributed by atoms with E-state index in [4.69, 9.17) is 0 Å². The second-order valence-corrected chi connectivity index (χ2v) is 10.0. The summed E-state index contributed by atoms with van der Waals surface area (Å²) in [5, 5.41) is -0.326. The van der Waals surface area contributed by atoms with Crippen LogP contribution in [0.4, 0.5) is 5.69 Å². The van der Waals surface area contributed by atoms with Crippen LogP contribution in [0.1, 0.15) is 24.8 Å². The van der Waals surface area contributed by atoms with Gasteiger partial charge >= 0.3 is 0 Å². The number of carbonyl (C=O) groups is 1. The summed E-state index contributed by atoms with van der Waals surface area (Å²) in [5.74, 6) is 0.567. The van der Waals surface area contributed by atoms with E-state index in [2.05, 4.69) is 0 Å². The Balaban J connectivity index is 1.54. The van der Waals surface area contributed by atoms with Crippen LogP contribution in [0.3, 0.4) is 0 Å². The standard InChI is InChI=1S/C18H24N2O3S/c1-19(2)15-5-3-14(4-6-15)18(8-9-18)17(21)20-11-13-7-10-24(22,23)16(13)12-20/h3-6,13,16H,7-12H2,1-2H3/t13-,16+/m0/s1. The Labute approximate surface area is 143 Å². The number of carbonyl (C=O) groups excluding carboxylic acids is 1. The van der Waals surface area contributed by atoms with Gasteiger partial charge in [0.05, 0.1) is 16.4 Å². The number of benzene rings is 1. The maximum absolute atomic E-state index is 13.1. The van der Waals surface area contributed by atoms with E-state index >= 15 is 0 Å². The van der Waals surface area contributed by atoms with Crippen molar-refractivity contribution >= 4 is 21.4 Å². The third-order valence-corrected chi connectivity index (χ3v) is 8.26. The molecule has 130 valence electrons. The van der Waals surface area contributed by atoms with Crippen LogP contribution in [0.25, 0.3) is 0 Å². The summed E-state index contributed by atoms with van der Waals surface area (Å²) in [6.45, 7) is 1.00. The molecule has 3 fully saturated rings. The molecule has 0 spiro atoms. The lowest BCUT2D eigenvalue weighted by atomic mass is 9.94. The van der Waals surface area contributed by atoms with E-state index in [1.165, 1.54) is 0 Å². The summed E-state index contributed by atoms with van der Waals surface area (Å²) in [7, 11) is 0.998. The highest BCUT2D eigenvalue weighted by Crippen LogP contribution is 2.51. The van der Waals surface area contributed by atoms with Gasteiger partial charge in [0.1, 0.15) is 0 Å². The quantitative estimate of drug-likeness (QED) is 0.829. The molecule has 2 aliphatic heterocycles. The van der Waals surface area contributed by atoms with Crippen LogP contribution in [-0.2, 0) is 20.0 Å². The van der Waals surface area contributed by atoms with Crippen molar-refractivity contribution in [1.82, 2.24) is 4.90 Å². The maximum Gasteiger partial charge on any atom is 0.233 e. The number of anilines is 1. The third kappa shape index (κ3) is 2.34. The first-order chi connectivity index (χ1) is 11.3. The van der Waals surface area contributed by atoms with Crippen molar-refractivity contribution in [1.29, 1.82) is 0 Å². The molecule has 24 heavy (non-hydrogen) atoms. The van der Waals surface area contributed by atoms with E-state index in [-0.39, 0.29) is 17.1 Å². The largest absolute Gasteiger partial charge is 0.378 e. The molecule has 1 aliphatic carbocycles. The topological polar surface area (TPSA) is 57.7 Å². The fourth-order valence-corrected chi connectivity index (χ4v) is 6.44. The van der Waals surface area contributed by atoms with Gasteiger partial charge in [-0.3, -0.25) is 4.79 Å². The summed E-state index contributed by atoms with van der Waals surface area (Å²) in [6, 6.07) is 8.19. The molecule has 0 N–H and O–H groups in total. The number of rotatable bonds is 3. The van der Waals surface area contributed by atoms with Crippen LogP contribution < -0.4 is 4.90 Å². The molecular formula is C18H24N2O3S. The zero-order valence-electron chi connectivity index (χ0n) is 14.2. The predicted octanol–water partition coefficient (Wildman–Crippen LogP) is 1.43. The highest BCUT2D eigenvalue weighted by molar-refractivity contribution is 7.92. The second-order valence-electron chi connectivity index (χ2n) is 7.69. The van der Waals surface area contributed by atoms with Crippen LogP contribution in [0.15, 0.2) is 24.3 Å². The van der Waals surface area contributed by atoms with Gasteiger partial charge in [-0.15, -0.1) is 0 Å². The Hall–Kier alpha value is -1.56. The van der Waals surface area contributed by atoms with Gasteiger partial charge in [0.15, 0.2) is 9.84 Å². The summed E-state index contributed by atoms with van der Waals surface area (Å²) in [5.41, 5.74) is 1.77. The van der Waals surface area contributed by atoms with Crippen LogP contribution in [0.5, 0.6) is 0 Å². The van der Waals surface area contributed by atoms with Crippen LogP contribution in [0, 0.1) is 5.92 Å². The van der Waals surface area contributed by atoms with Gasteiger partial charge in [-0.2, -0.15) is 0 Å². The van der Waals surface area contributed by atoms with Crippen LogP contribution in [0.2, 0.25) is 0 Å². The highest BCUT2D eigenvalue weighted by atomic mass is 32.2. The predicted molar refractivity (Wildman–Crippen MR) is 93.9 cm³/mol. The fourth-order valence-electron chi connectivity index (χ4n) is 4.29. The zero-order chi connectivity index (χ0) is 17.1. The van der Waals surface area contributed by atoms with Gasteiger partial charge in [0.25, 0.3) is 0 Å². The van der Waals surface area contributed by atoms with Crippen molar-refractivity contribution in [2.45, 2.75) is 29.9 Å². The number of hydrogen-bond acceptors (Lipinski definition) is 4. The molecule has 6 heteroatoms. The average Bonchev–Trinajstić information content (AvgIpc) is 3.16. The first kappa shape index (κ1) is 15.9. The van der Waals surface area contributed by atoms with Crippen molar-refractivity contribution < 1.29 is 13.2 Å². The van der Waals surface area contributed by atoms with E-state index in [1.54, 1.807) is 0 Å². The summed E-state index contributed by atoms with van der Waals surface area (Å²) < 4.78 is 24.2. The number of hydrogen-bond donors (Lipinski definition) is 0. The van der Waals surface area contributed by atoms with Gasteiger partial charge in [0.2, 0.25) is 5.91 Å². The van der Waals surface area contributed by atoms with Crippen molar-refractivity contribution in [2.75, 3.05) is 37.8 Å². The number of sulfone groups is 1.